The van der Waals surface area contributed by atoms with Crippen LogP contribution in [-0.4, -0.2) is 17.2 Å². The molecule has 4 aliphatic rings. The summed E-state index contributed by atoms with van der Waals surface area (Å²) in [5.41, 5.74) is 0.977. The number of ketones is 1. The molecule has 4 heteroatoms. The lowest BCUT2D eigenvalue weighted by atomic mass is 9.41. The van der Waals surface area contributed by atoms with Crippen molar-refractivity contribution in [3.05, 3.63) is 33.4 Å². The van der Waals surface area contributed by atoms with Crippen LogP contribution in [0.3, 0.4) is 0 Å². The highest BCUT2D eigenvalue weighted by atomic mass is 127. The Labute approximate surface area is 194 Å². The van der Waals surface area contributed by atoms with Gasteiger partial charge in [-0.15, -0.1) is 0 Å². The molecule has 5 rings (SSSR count). The average molecular weight is 519 g/mol. The summed E-state index contributed by atoms with van der Waals surface area (Å²) >= 11 is 2.28. The smallest absolute Gasteiger partial charge is 0.251 e. The third-order valence-electron chi connectivity index (χ3n) is 9.86. The maximum atomic E-state index is 13.1. The van der Waals surface area contributed by atoms with Crippen LogP contribution in [0.15, 0.2) is 24.3 Å². The number of benzene rings is 1. The van der Waals surface area contributed by atoms with Crippen molar-refractivity contribution in [2.75, 3.05) is 0 Å². The predicted octanol–water partition coefficient (Wildman–Crippen LogP) is 6.15. The second-order valence-electron chi connectivity index (χ2n) is 11.6. The van der Waals surface area contributed by atoms with Crippen molar-refractivity contribution in [3.8, 4) is 0 Å². The molecule has 0 heterocycles. The van der Waals surface area contributed by atoms with Gasteiger partial charge in [0.15, 0.2) is 0 Å². The summed E-state index contributed by atoms with van der Waals surface area (Å²) in [4.78, 5) is 26.0. The minimum atomic E-state index is -0.169. The van der Waals surface area contributed by atoms with Crippen LogP contribution in [0.4, 0.5) is 0 Å². The Morgan fingerprint density at radius 1 is 1.00 bits per heavy atom. The Hall–Kier alpha value is -0.910. The molecular formula is C26H34INO2. The molecule has 0 aromatic heterocycles. The second kappa shape index (κ2) is 6.79. The van der Waals surface area contributed by atoms with E-state index in [0.717, 1.165) is 54.1 Å². The Bertz CT molecular complexity index is 897. The van der Waals surface area contributed by atoms with Crippen molar-refractivity contribution in [2.45, 2.75) is 84.1 Å². The summed E-state index contributed by atoms with van der Waals surface area (Å²) in [5, 5.41) is 3.50. The molecule has 4 aliphatic carbocycles. The molecular weight excluding hydrogens is 485 g/mol. The summed E-state index contributed by atoms with van der Waals surface area (Å²) in [5.74, 6) is 1.70. The van der Waals surface area contributed by atoms with Crippen LogP contribution in [0.1, 0.15) is 88.9 Å². The number of carbonyl (C=O) groups excluding carboxylic acids is 2. The Morgan fingerprint density at radius 2 is 1.70 bits per heavy atom. The molecule has 4 saturated carbocycles. The third kappa shape index (κ3) is 2.95. The molecule has 0 radical (unpaired) electrons. The Balaban J connectivity index is 1.43. The van der Waals surface area contributed by atoms with Crippen LogP contribution in [0, 0.1) is 31.7 Å². The quantitative estimate of drug-likeness (QED) is 0.477. The largest absolute Gasteiger partial charge is 0.347 e. The maximum absolute atomic E-state index is 13.1. The van der Waals surface area contributed by atoms with Crippen molar-refractivity contribution in [1.29, 1.82) is 0 Å². The molecule has 2 bridgehead atoms. The molecule has 1 aromatic rings. The van der Waals surface area contributed by atoms with Gasteiger partial charge in [0, 0.05) is 26.5 Å². The number of hydrogen-bond donors (Lipinski definition) is 1. The fourth-order valence-electron chi connectivity index (χ4n) is 8.59. The van der Waals surface area contributed by atoms with E-state index in [-0.39, 0.29) is 27.7 Å². The van der Waals surface area contributed by atoms with Crippen LogP contribution >= 0.6 is 22.6 Å². The highest BCUT2D eigenvalue weighted by Crippen LogP contribution is 2.71. The van der Waals surface area contributed by atoms with Gasteiger partial charge in [-0.3, -0.25) is 9.59 Å². The summed E-state index contributed by atoms with van der Waals surface area (Å²) in [6.45, 7) is 7.02. The number of Topliss-reactive ketones (excluding diaryl/α,β-unsaturated/α-hetero) is 1. The van der Waals surface area contributed by atoms with Gasteiger partial charge in [-0.05, 0) is 121 Å². The molecule has 162 valence electrons. The van der Waals surface area contributed by atoms with Crippen molar-refractivity contribution in [2.24, 2.45) is 28.1 Å². The fourth-order valence-corrected chi connectivity index (χ4v) is 8.95. The summed E-state index contributed by atoms with van der Waals surface area (Å²) in [6, 6.07) is 7.88. The average Bonchev–Trinajstić information content (AvgIpc) is 2.85. The monoisotopic (exact) mass is 519 g/mol. The van der Waals surface area contributed by atoms with Crippen LogP contribution in [-0.2, 0) is 4.79 Å². The number of halogens is 1. The SMILES string of the molecule is C[C@@]12CC[C@@H]3[C@@](CC[C@H]4[C@@]3(C)CCC[C@@]4(C)NC(=O)c3ccc(I)cc3)(CC1=O)C2. The minimum Gasteiger partial charge on any atom is -0.347 e. The van der Waals surface area contributed by atoms with Crippen molar-refractivity contribution >= 4 is 34.3 Å². The summed E-state index contributed by atoms with van der Waals surface area (Å²) < 4.78 is 1.15. The van der Waals surface area contributed by atoms with Crippen molar-refractivity contribution in [1.82, 2.24) is 5.32 Å². The number of nitrogens with one attached hydrogen (secondary N) is 1. The first-order valence-electron chi connectivity index (χ1n) is 11.7. The first-order chi connectivity index (χ1) is 14.1. The third-order valence-corrected chi connectivity index (χ3v) is 10.6. The van der Waals surface area contributed by atoms with Gasteiger partial charge in [0.1, 0.15) is 5.78 Å². The van der Waals surface area contributed by atoms with Gasteiger partial charge in [0.2, 0.25) is 0 Å². The molecule has 0 aliphatic heterocycles. The van der Waals surface area contributed by atoms with Gasteiger partial charge >= 0.3 is 0 Å². The Kier molecular flexibility index (Phi) is 4.75. The van der Waals surface area contributed by atoms with E-state index in [4.69, 9.17) is 0 Å². The highest BCUT2D eigenvalue weighted by molar-refractivity contribution is 14.1. The standard InChI is InChI=1S/C26H34INO2/c1-23-13-9-20-24(2)11-4-12-25(3,28-22(30)17-5-7-18(27)8-6-17)19(24)10-14-26(20,16-23)15-21(23)29/h5-8,19-20H,4,9-16H2,1-3H3,(H,28,30)/t19-,20-,23-,24+,25+,26-/m0/s1. The van der Waals surface area contributed by atoms with E-state index in [1.54, 1.807) is 0 Å². The van der Waals surface area contributed by atoms with Crippen LogP contribution in [0.2, 0.25) is 0 Å². The molecule has 30 heavy (non-hydrogen) atoms. The van der Waals surface area contributed by atoms with Crippen LogP contribution < -0.4 is 5.32 Å². The van der Waals surface area contributed by atoms with Gasteiger partial charge in [-0.25, -0.2) is 0 Å². The number of amides is 1. The first-order valence-corrected chi connectivity index (χ1v) is 12.8. The zero-order chi connectivity index (χ0) is 21.4. The molecule has 6 atom stereocenters. The van der Waals surface area contributed by atoms with Gasteiger partial charge in [-0.2, -0.15) is 0 Å². The number of fused-ring (bicyclic) bond motifs is 3. The molecule has 1 N–H and O–H groups in total. The molecule has 0 saturated heterocycles. The van der Waals surface area contributed by atoms with E-state index in [9.17, 15) is 9.59 Å². The van der Waals surface area contributed by atoms with Crippen LogP contribution in [0.5, 0.6) is 0 Å². The summed E-state index contributed by atoms with van der Waals surface area (Å²) in [6.07, 6.45) is 9.93. The normalized spacial score (nSPS) is 44.9. The van der Waals surface area contributed by atoms with E-state index in [2.05, 4.69) is 48.7 Å². The molecule has 0 unspecified atom stereocenters. The number of rotatable bonds is 2. The number of hydrogen-bond acceptors (Lipinski definition) is 2. The highest BCUT2D eigenvalue weighted by Gasteiger charge is 2.67. The number of carbonyl (C=O) groups is 2. The van der Waals surface area contributed by atoms with E-state index in [1.165, 1.54) is 12.8 Å². The predicted molar refractivity (Wildman–Crippen MR) is 127 cm³/mol. The molecule has 1 aromatic carbocycles. The minimum absolute atomic E-state index is 0.0588. The summed E-state index contributed by atoms with van der Waals surface area (Å²) in [7, 11) is 0. The lowest BCUT2D eigenvalue weighted by molar-refractivity contribution is -0.137. The van der Waals surface area contributed by atoms with E-state index >= 15 is 0 Å². The van der Waals surface area contributed by atoms with E-state index in [0.29, 0.717) is 17.6 Å². The zero-order valence-corrected chi connectivity index (χ0v) is 20.7. The molecule has 4 fully saturated rings. The van der Waals surface area contributed by atoms with E-state index < -0.39 is 0 Å². The van der Waals surface area contributed by atoms with Crippen molar-refractivity contribution in [3.63, 3.8) is 0 Å². The van der Waals surface area contributed by atoms with Gasteiger partial charge < -0.3 is 5.32 Å². The van der Waals surface area contributed by atoms with Gasteiger partial charge in [0.25, 0.3) is 5.91 Å². The fraction of sp³-hybridized carbons (Fsp3) is 0.692. The topological polar surface area (TPSA) is 46.2 Å². The lowest BCUT2D eigenvalue weighted by Crippen LogP contribution is -2.64. The molecule has 1 spiro atoms. The van der Waals surface area contributed by atoms with Crippen molar-refractivity contribution < 1.29 is 9.59 Å². The van der Waals surface area contributed by atoms with Crippen LogP contribution in [0.25, 0.3) is 0 Å². The first kappa shape index (κ1) is 21.0. The van der Waals surface area contributed by atoms with E-state index in [1.807, 2.05) is 24.3 Å². The maximum Gasteiger partial charge on any atom is 0.251 e. The second-order valence-corrected chi connectivity index (χ2v) is 12.9. The molecule has 1 amide bonds. The Morgan fingerprint density at radius 3 is 2.43 bits per heavy atom. The van der Waals surface area contributed by atoms with Gasteiger partial charge in [0.05, 0.1) is 0 Å². The van der Waals surface area contributed by atoms with Gasteiger partial charge in [-0.1, -0.05) is 20.3 Å². The molecule has 3 nitrogen and oxygen atoms in total. The zero-order valence-electron chi connectivity index (χ0n) is 18.5. The lowest BCUT2D eigenvalue weighted by Gasteiger charge is -2.64.